The van der Waals surface area contributed by atoms with Crippen LogP contribution in [0.25, 0.3) is 0 Å². The van der Waals surface area contributed by atoms with Gasteiger partial charge in [-0.1, -0.05) is 6.07 Å². The number of rotatable bonds is 4. The molecule has 1 fully saturated rings. The van der Waals surface area contributed by atoms with Crippen molar-refractivity contribution < 1.29 is 19.0 Å². The van der Waals surface area contributed by atoms with E-state index in [0.717, 1.165) is 32.4 Å². The van der Waals surface area contributed by atoms with Gasteiger partial charge in [0, 0.05) is 13.1 Å². The Kier molecular flexibility index (Phi) is 4.95. The van der Waals surface area contributed by atoms with E-state index < -0.39 is 11.9 Å². The third kappa shape index (κ3) is 3.70. The highest BCUT2D eigenvalue weighted by molar-refractivity contribution is 5.77. The van der Waals surface area contributed by atoms with Crippen molar-refractivity contribution in [3.8, 4) is 5.75 Å². The highest BCUT2D eigenvalue weighted by atomic mass is 19.1. The van der Waals surface area contributed by atoms with Gasteiger partial charge < -0.3 is 14.7 Å². The van der Waals surface area contributed by atoms with E-state index in [-0.39, 0.29) is 18.3 Å². The van der Waals surface area contributed by atoms with Crippen molar-refractivity contribution in [2.75, 3.05) is 19.7 Å². The fraction of sp³-hybridized carbons (Fsp3) is 0.533. The minimum Gasteiger partial charge on any atom is -0.481 e. The van der Waals surface area contributed by atoms with Crippen LogP contribution in [0.15, 0.2) is 18.2 Å². The van der Waals surface area contributed by atoms with Gasteiger partial charge in [-0.2, -0.15) is 0 Å². The number of hydrogen-bond acceptors (Lipinski definition) is 3. The van der Waals surface area contributed by atoms with Crippen LogP contribution in [0.5, 0.6) is 5.75 Å². The summed E-state index contributed by atoms with van der Waals surface area (Å²) < 4.78 is 19.0. The lowest BCUT2D eigenvalue weighted by atomic mass is 10.1. The number of aliphatic hydroxyl groups is 1. The minimum absolute atomic E-state index is 0.0414. The first kappa shape index (κ1) is 14.8. The maximum absolute atomic E-state index is 13.7. The first-order valence-corrected chi connectivity index (χ1v) is 6.96. The van der Waals surface area contributed by atoms with Crippen molar-refractivity contribution in [2.45, 2.75) is 32.3 Å². The molecule has 20 heavy (non-hydrogen) atoms. The topological polar surface area (TPSA) is 49.8 Å². The van der Waals surface area contributed by atoms with E-state index in [1.54, 1.807) is 17.9 Å². The number of likely N-dealkylation sites (tertiary alicyclic amines) is 1. The van der Waals surface area contributed by atoms with Crippen LogP contribution < -0.4 is 4.74 Å². The lowest BCUT2D eigenvalue weighted by Crippen LogP contribution is -2.38. The summed E-state index contributed by atoms with van der Waals surface area (Å²) in [6, 6.07) is 4.26. The number of nitrogens with zero attached hydrogens (tertiary/aromatic N) is 1. The number of amides is 1. The van der Waals surface area contributed by atoms with E-state index in [2.05, 4.69) is 0 Å². The van der Waals surface area contributed by atoms with Crippen molar-refractivity contribution in [2.24, 2.45) is 0 Å². The van der Waals surface area contributed by atoms with E-state index in [9.17, 15) is 14.3 Å². The van der Waals surface area contributed by atoms with Gasteiger partial charge in [0.25, 0.3) is 5.91 Å². The van der Waals surface area contributed by atoms with Gasteiger partial charge in [-0.25, -0.2) is 4.39 Å². The summed E-state index contributed by atoms with van der Waals surface area (Å²) in [6.07, 6.45) is 2.46. The van der Waals surface area contributed by atoms with Crippen molar-refractivity contribution in [3.05, 3.63) is 29.6 Å². The maximum atomic E-state index is 13.7. The molecule has 1 aliphatic heterocycles. The molecule has 1 saturated heterocycles. The van der Waals surface area contributed by atoms with Crippen molar-refractivity contribution in [3.63, 3.8) is 0 Å². The molecule has 0 radical (unpaired) electrons. The Bertz CT molecular complexity index is 470. The molecule has 0 aromatic heterocycles. The summed E-state index contributed by atoms with van der Waals surface area (Å²) in [5.74, 6) is -0.627. The highest BCUT2D eigenvalue weighted by Crippen LogP contribution is 2.22. The largest absolute Gasteiger partial charge is 0.481 e. The second-order valence-corrected chi connectivity index (χ2v) is 5.10. The zero-order valence-electron chi connectivity index (χ0n) is 11.6. The predicted molar refractivity (Wildman–Crippen MR) is 73.0 cm³/mol. The molecule has 0 saturated carbocycles. The maximum Gasteiger partial charge on any atom is 0.260 e. The highest BCUT2D eigenvalue weighted by Gasteiger charge is 2.17. The first-order chi connectivity index (χ1) is 9.58. The molecule has 1 heterocycles. The lowest BCUT2D eigenvalue weighted by molar-refractivity contribution is -0.134. The Labute approximate surface area is 118 Å². The first-order valence-electron chi connectivity index (χ1n) is 6.96. The SMILES string of the molecule is C[C@H](O)c1ccc(OCC(=O)N2CCCCC2)c(F)c1. The van der Waals surface area contributed by atoms with Crippen molar-refractivity contribution in [1.82, 2.24) is 4.90 Å². The fourth-order valence-corrected chi connectivity index (χ4v) is 2.27. The number of benzene rings is 1. The standard InChI is InChI=1S/C15H20FNO3/c1-11(18)12-5-6-14(13(16)9-12)20-10-15(19)17-7-3-2-4-8-17/h5-6,9,11,18H,2-4,7-8,10H2,1H3/t11-/m0/s1. The van der Waals surface area contributed by atoms with E-state index in [1.165, 1.54) is 12.1 Å². The molecule has 4 nitrogen and oxygen atoms in total. The molecule has 0 aliphatic carbocycles. The number of carbonyl (C=O) groups excluding carboxylic acids is 1. The van der Waals surface area contributed by atoms with Crippen molar-refractivity contribution in [1.29, 1.82) is 0 Å². The van der Waals surface area contributed by atoms with Crippen LogP contribution in [-0.2, 0) is 4.79 Å². The lowest BCUT2D eigenvalue weighted by Gasteiger charge is -2.26. The molecule has 1 N–H and O–H groups in total. The monoisotopic (exact) mass is 281 g/mol. The summed E-state index contributed by atoms with van der Waals surface area (Å²) >= 11 is 0. The Morgan fingerprint density at radius 3 is 2.70 bits per heavy atom. The molecule has 1 aromatic rings. The Balaban J connectivity index is 1.91. The van der Waals surface area contributed by atoms with Gasteiger partial charge in [0.1, 0.15) is 0 Å². The number of carbonyl (C=O) groups is 1. The van der Waals surface area contributed by atoms with Gasteiger partial charge in [-0.15, -0.1) is 0 Å². The van der Waals surface area contributed by atoms with E-state index >= 15 is 0 Å². The molecule has 1 amide bonds. The summed E-state index contributed by atoms with van der Waals surface area (Å²) in [5, 5.41) is 9.36. The van der Waals surface area contributed by atoms with E-state index in [4.69, 9.17) is 4.74 Å². The van der Waals surface area contributed by atoms with Crippen LogP contribution >= 0.6 is 0 Å². The van der Waals surface area contributed by atoms with Crippen molar-refractivity contribution >= 4 is 5.91 Å². The van der Waals surface area contributed by atoms with Crippen LogP contribution in [0.4, 0.5) is 4.39 Å². The number of aliphatic hydroxyl groups excluding tert-OH is 1. The van der Waals surface area contributed by atoms with Gasteiger partial charge >= 0.3 is 0 Å². The second kappa shape index (κ2) is 6.70. The number of hydrogen-bond donors (Lipinski definition) is 1. The summed E-state index contributed by atoms with van der Waals surface area (Å²) in [5.41, 5.74) is 0.484. The molecular weight excluding hydrogens is 261 g/mol. The molecule has 2 rings (SSSR count). The van der Waals surface area contributed by atoms with Gasteiger partial charge in [0.15, 0.2) is 18.2 Å². The van der Waals surface area contributed by atoms with Crippen LogP contribution in [0.2, 0.25) is 0 Å². The van der Waals surface area contributed by atoms with Crippen LogP contribution in [0.3, 0.4) is 0 Å². The van der Waals surface area contributed by atoms with Gasteiger partial charge in [0.05, 0.1) is 6.10 Å². The predicted octanol–water partition coefficient (Wildman–Crippen LogP) is 2.27. The number of ether oxygens (including phenoxy) is 1. The minimum atomic E-state index is -0.728. The summed E-state index contributed by atoms with van der Waals surface area (Å²) in [4.78, 5) is 13.7. The fourth-order valence-electron chi connectivity index (χ4n) is 2.27. The average molecular weight is 281 g/mol. The normalized spacial score (nSPS) is 16.9. The molecule has 0 spiro atoms. The van der Waals surface area contributed by atoms with Crippen LogP contribution in [0.1, 0.15) is 37.9 Å². The molecule has 1 atom stereocenters. The molecule has 1 aromatic carbocycles. The number of halogens is 1. The van der Waals surface area contributed by atoms with Gasteiger partial charge in [0.2, 0.25) is 0 Å². The van der Waals surface area contributed by atoms with E-state index in [0.29, 0.717) is 5.56 Å². The third-order valence-electron chi connectivity index (χ3n) is 3.50. The molecular formula is C15H20FNO3. The van der Waals surface area contributed by atoms with Crippen LogP contribution in [-0.4, -0.2) is 35.6 Å². The Morgan fingerprint density at radius 1 is 1.40 bits per heavy atom. The van der Waals surface area contributed by atoms with Gasteiger partial charge in [-0.3, -0.25) is 4.79 Å². The molecule has 1 aliphatic rings. The number of piperidine rings is 1. The summed E-state index contributed by atoms with van der Waals surface area (Å²) in [7, 11) is 0. The molecule has 5 heteroatoms. The van der Waals surface area contributed by atoms with E-state index in [1.807, 2.05) is 0 Å². The zero-order chi connectivity index (χ0) is 14.5. The second-order valence-electron chi connectivity index (χ2n) is 5.10. The third-order valence-corrected chi connectivity index (χ3v) is 3.50. The smallest absolute Gasteiger partial charge is 0.260 e. The summed E-state index contributed by atoms with van der Waals surface area (Å²) in [6.45, 7) is 2.93. The Morgan fingerprint density at radius 2 is 2.10 bits per heavy atom. The molecule has 0 bridgehead atoms. The zero-order valence-corrected chi connectivity index (χ0v) is 11.6. The Hall–Kier alpha value is -1.62. The molecule has 0 unspecified atom stereocenters. The quantitative estimate of drug-likeness (QED) is 0.921. The average Bonchev–Trinajstić information content (AvgIpc) is 2.46. The van der Waals surface area contributed by atoms with Crippen LogP contribution in [0, 0.1) is 5.82 Å². The molecule has 110 valence electrons. The van der Waals surface area contributed by atoms with Gasteiger partial charge in [-0.05, 0) is 43.9 Å².